The molecule has 3 nitrogen and oxygen atoms in total. The van der Waals surface area contributed by atoms with Crippen LogP contribution in [0.3, 0.4) is 0 Å². The van der Waals surface area contributed by atoms with Gasteiger partial charge in [-0.3, -0.25) is 4.99 Å². The topological polar surface area (TPSA) is 38.7 Å². The Morgan fingerprint density at radius 2 is 1.81 bits per heavy atom. The van der Waals surface area contributed by atoms with Crippen LogP contribution in [0.4, 0.5) is 0 Å². The van der Waals surface area contributed by atoms with Crippen molar-refractivity contribution in [1.82, 2.24) is 0 Å². The van der Waals surface area contributed by atoms with E-state index >= 15 is 0 Å². The molecule has 0 saturated heterocycles. The number of aliphatic imine (C=N–C) groups is 1. The monoisotopic (exact) mass is 289 g/mol. The number of ether oxygens (including phenoxy) is 1. The smallest absolute Gasteiger partial charge is 0.338 e. The highest BCUT2D eigenvalue weighted by atomic mass is 16.5. The summed E-state index contributed by atoms with van der Waals surface area (Å²) in [4.78, 5) is 16.2. The third-order valence-electron chi connectivity index (χ3n) is 3.35. The molecule has 0 radical (unpaired) electrons. The summed E-state index contributed by atoms with van der Waals surface area (Å²) in [7, 11) is 0. The highest BCUT2D eigenvalue weighted by Crippen LogP contribution is 2.04. The molecule has 0 unspecified atom stereocenters. The summed E-state index contributed by atoms with van der Waals surface area (Å²) >= 11 is 0. The lowest BCUT2D eigenvalue weighted by atomic mass is 10.1. The van der Waals surface area contributed by atoms with Crippen LogP contribution in [0.15, 0.2) is 35.3 Å². The number of hydrogen-bond acceptors (Lipinski definition) is 3. The van der Waals surface area contributed by atoms with Crippen molar-refractivity contribution in [2.75, 3.05) is 13.2 Å². The van der Waals surface area contributed by atoms with Crippen molar-refractivity contribution in [3.8, 4) is 0 Å². The molecule has 0 spiro atoms. The van der Waals surface area contributed by atoms with Crippen molar-refractivity contribution in [2.45, 2.75) is 52.4 Å². The fraction of sp³-hybridized carbons (Fsp3) is 0.556. The summed E-state index contributed by atoms with van der Waals surface area (Å²) in [5.74, 6) is -0.261. The minimum atomic E-state index is -0.261. The largest absolute Gasteiger partial charge is 0.462 e. The van der Waals surface area contributed by atoms with E-state index in [9.17, 15) is 4.79 Å². The van der Waals surface area contributed by atoms with E-state index < -0.39 is 0 Å². The van der Waals surface area contributed by atoms with E-state index in [1.54, 1.807) is 12.1 Å². The first-order chi connectivity index (χ1) is 10.2. The van der Waals surface area contributed by atoms with E-state index in [4.69, 9.17) is 4.74 Å². The average Bonchev–Trinajstić information content (AvgIpc) is 2.51. The molecule has 0 aromatic heterocycles. The molecule has 0 bridgehead atoms. The number of benzene rings is 1. The average molecular weight is 289 g/mol. The minimum Gasteiger partial charge on any atom is -0.462 e. The van der Waals surface area contributed by atoms with Gasteiger partial charge in [0.25, 0.3) is 0 Å². The van der Waals surface area contributed by atoms with Gasteiger partial charge >= 0.3 is 5.97 Å². The number of carbonyl (C=O) groups excluding carboxylic acids is 1. The molecule has 0 saturated carbocycles. The Hall–Kier alpha value is -1.64. The molecule has 0 amide bonds. The second-order valence-electron chi connectivity index (χ2n) is 5.28. The van der Waals surface area contributed by atoms with Crippen LogP contribution in [0, 0.1) is 0 Å². The molecular formula is C18H27NO2. The first kappa shape index (κ1) is 17.4. The summed E-state index contributed by atoms with van der Waals surface area (Å²) < 4.78 is 5.24. The Kier molecular flexibility index (Phi) is 9.18. The Morgan fingerprint density at radius 3 is 2.52 bits per heavy atom. The van der Waals surface area contributed by atoms with Crippen molar-refractivity contribution in [3.63, 3.8) is 0 Å². The zero-order valence-electron chi connectivity index (χ0n) is 13.3. The molecule has 0 N–H and O–H groups in total. The maximum absolute atomic E-state index is 11.7. The highest BCUT2D eigenvalue weighted by molar-refractivity contribution is 5.89. The predicted molar refractivity (Wildman–Crippen MR) is 88.1 cm³/mol. The summed E-state index contributed by atoms with van der Waals surface area (Å²) in [5.41, 5.74) is 1.66. The molecule has 1 aromatic rings. The van der Waals surface area contributed by atoms with Gasteiger partial charge in [0, 0.05) is 18.7 Å². The Morgan fingerprint density at radius 1 is 1.10 bits per heavy atom. The summed E-state index contributed by atoms with van der Waals surface area (Å²) in [6.07, 6.45) is 7.02. The normalized spacial score (nSPS) is 11.4. The van der Waals surface area contributed by atoms with Gasteiger partial charge < -0.3 is 4.74 Å². The van der Waals surface area contributed by atoms with E-state index in [1.807, 2.05) is 25.1 Å². The first-order valence-electron chi connectivity index (χ1n) is 7.96. The Bertz CT molecular complexity index is 426. The molecule has 0 heterocycles. The second-order valence-corrected chi connectivity index (χ2v) is 5.28. The SMILES string of the molecule is CCCCCCCN=C(C)CCOC(=O)c1ccccc1. The highest BCUT2D eigenvalue weighted by Gasteiger charge is 2.05. The maximum atomic E-state index is 11.7. The van der Waals surface area contributed by atoms with E-state index in [0.29, 0.717) is 18.6 Å². The van der Waals surface area contributed by atoms with E-state index in [0.717, 1.165) is 18.7 Å². The van der Waals surface area contributed by atoms with Crippen LogP contribution in [0.1, 0.15) is 62.7 Å². The lowest BCUT2D eigenvalue weighted by molar-refractivity contribution is 0.0515. The molecule has 21 heavy (non-hydrogen) atoms. The third-order valence-corrected chi connectivity index (χ3v) is 3.35. The minimum absolute atomic E-state index is 0.261. The zero-order chi connectivity index (χ0) is 15.3. The predicted octanol–water partition coefficient (Wildman–Crippen LogP) is 4.66. The quantitative estimate of drug-likeness (QED) is 0.357. The van der Waals surface area contributed by atoms with E-state index in [2.05, 4.69) is 11.9 Å². The number of esters is 1. The molecule has 0 fully saturated rings. The van der Waals surface area contributed by atoms with Gasteiger partial charge in [0.2, 0.25) is 0 Å². The van der Waals surface area contributed by atoms with Gasteiger partial charge in [-0.2, -0.15) is 0 Å². The van der Waals surface area contributed by atoms with Gasteiger partial charge in [-0.05, 0) is 25.5 Å². The van der Waals surface area contributed by atoms with Crippen molar-refractivity contribution >= 4 is 11.7 Å². The number of hydrogen-bond donors (Lipinski definition) is 0. The molecule has 3 heteroatoms. The molecule has 0 aliphatic heterocycles. The van der Waals surface area contributed by atoms with Gasteiger partial charge in [0.05, 0.1) is 12.2 Å². The van der Waals surface area contributed by atoms with Crippen molar-refractivity contribution in [3.05, 3.63) is 35.9 Å². The summed E-state index contributed by atoms with van der Waals surface area (Å²) in [6, 6.07) is 9.08. The zero-order valence-corrected chi connectivity index (χ0v) is 13.3. The third kappa shape index (κ3) is 8.28. The van der Waals surface area contributed by atoms with Crippen molar-refractivity contribution in [2.24, 2.45) is 4.99 Å². The van der Waals surface area contributed by atoms with Gasteiger partial charge in [0.1, 0.15) is 0 Å². The van der Waals surface area contributed by atoms with E-state index in [1.165, 1.54) is 25.7 Å². The summed E-state index contributed by atoms with van der Waals surface area (Å²) in [5, 5.41) is 0. The molecule has 1 rings (SSSR count). The van der Waals surface area contributed by atoms with Crippen molar-refractivity contribution < 1.29 is 9.53 Å². The number of nitrogens with zero attached hydrogens (tertiary/aromatic N) is 1. The van der Waals surface area contributed by atoms with Gasteiger partial charge in [-0.25, -0.2) is 4.79 Å². The standard InChI is InChI=1S/C18H27NO2/c1-3-4-5-6-10-14-19-16(2)13-15-21-18(20)17-11-8-7-9-12-17/h7-9,11-12H,3-6,10,13-15H2,1-2H3. The van der Waals surface area contributed by atoms with Crippen LogP contribution in [-0.4, -0.2) is 24.8 Å². The van der Waals surface area contributed by atoms with Crippen LogP contribution in [0.5, 0.6) is 0 Å². The maximum Gasteiger partial charge on any atom is 0.338 e. The van der Waals surface area contributed by atoms with E-state index in [-0.39, 0.29) is 5.97 Å². The molecular weight excluding hydrogens is 262 g/mol. The molecule has 1 aromatic carbocycles. The Labute approximate surface area is 128 Å². The molecule has 0 aliphatic carbocycles. The van der Waals surface area contributed by atoms with Crippen LogP contribution < -0.4 is 0 Å². The van der Waals surface area contributed by atoms with Gasteiger partial charge in [0.15, 0.2) is 0 Å². The van der Waals surface area contributed by atoms with Crippen LogP contribution in [0.2, 0.25) is 0 Å². The van der Waals surface area contributed by atoms with Crippen molar-refractivity contribution in [1.29, 1.82) is 0 Å². The van der Waals surface area contributed by atoms with Crippen LogP contribution in [0.25, 0.3) is 0 Å². The van der Waals surface area contributed by atoms with Crippen LogP contribution in [-0.2, 0) is 4.74 Å². The fourth-order valence-corrected chi connectivity index (χ4v) is 2.01. The molecule has 116 valence electrons. The number of rotatable bonds is 10. The van der Waals surface area contributed by atoms with Gasteiger partial charge in [-0.1, -0.05) is 50.8 Å². The second kappa shape index (κ2) is 11.1. The lowest BCUT2D eigenvalue weighted by Gasteiger charge is -2.05. The van der Waals surface area contributed by atoms with Crippen LogP contribution >= 0.6 is 0 Å². The molecule has 0 aliphatic rings. The number of unbranched alkanes of at least 4 members (excludes halogenated alkanes) is 4. The van der Waals surface area contributed by atoms with Gasteiger partial charge in [-0.15, -0.1) is 0 Å². The Balaban J connectivity index is 2.12. The fourth-order valence-electron chi connectivity index (χ4n) is 2.01. The summed E-state index contributed by atoms with van der Waals surface area (Å²) in [6.45, 7) is 5.52. The number of carbonyl (C=O) groups is 1. The lowest BCUT2D eigenvalue weighted by Crippen LogP contribution is -2.09. The first-order valence-corrected chi connectivity index (χ1v) is 7.96. The molecule has 0 atom stereocenters.